The molecule has 1 saturated carbocycles. The maximum atomic E-state index is 5.73. The zero-order valence-electron chi connectivity index (χ0n) is 9.47. The molecule has 1 fully saturated rings. The topological polar surface area (TPSA) is 77.8 Å². The fraction of sp³-hybridized carbons (Fsp3) is 0.417. The molecule has 0 saturated heterocycles. The van der Waals surface area contributed by atoms with Gasteiger partial charge in [0.2, 0.25) is 11.8 Å². The summed E-state index contributed by atoms with van der Waals surface area (Å²) in [5, 5.41) is 0. The summed E-state index contributed by atoms with van der Waals surface area (Å²) >= 11 is 0. The van der Waals surface area contributed by atoms with Gasteiger partial charge in [-0.3, -0.25) is 0 Å². The SMILES string of the molecule is Nc1nc(-c2ccco2)nc(C2CCCC2)n1. The van der Waals surface area contributed by atoms with Crippen LogP contribution in [0.3, 0.4) is 0 Å². The maximum absolute atomic E-state index is 5.73. The van der Waals surface area contributed by atoms with Crippen LogP contribution in [0.15, 0.2) is 22.8 Å². The minimum atomic E-state index is 0.272. The monoisotopic (exact) mass is 230 g/mol. The molecule has 0 spiro atoms. The Kier molecular flexibility index (Phi) is 2.51. The van der Waals surface area contributed by atoms with E-state index < -0.39 is 0 Å². The van der Waals surface area contributed by atoms with Crippen LogP contribution in [0.25, 0.3) is 11.6 Å². The van der Waals surface area contributed by atoms with Gasteiger partial charge in [-0.05, 0) is 25.0 Å². The number of nitrogens with zero attached hydrogens (tertiary/aromatic N) is 3. The minimum Gasteiger partial charge on any atom is -0.461 e. The summed E-state index contributed by atoms with van der Waals surface area (Å²) in [6.07, 6.45) is 6.37. The molecule has 2 aromatic rings. The first-order valence-electron chi connectivity index (χ1n) is 5.88. The molecule has 0 amide bonds. The molecule has 0 aliphatic heterocycles. The second kappa shape index (κ2) is 4.16. The van der Waals surface area contributed by atoms with Gasteiger partial charge in [0.05, 0.1) is 6.26 Å². The van der Waals surface area contributed by atoms with Gasteiger partial charge >= 0.3 is 0 Å². The number of nitrogen functional groups attached to an aromatic ring is 1. The van der Waals surface area contributed by atoms with E-state index in [4.69, 9.17) is 10.2 Å². The fourth-order valence-electron chi connectivity index (χ4n) is 2.29. The molecule has 2 N–H and O–H groups in total. The van der Waals surface area contributed by atoms with E-state index >= 15 is 0 Å². The molecular formula is C12H14N4O. The highest BCUT2D eigenvalue weighted by Crippen LogP contribution is 2.32. The van der Waals surface area contributed by atoms with E-state index in [0.717, 1.165) is 18.7 Å². The van der Waals surface area contributed by atoms with Crippen LogP contribution in [0.2, 0.25) is 0 Å². The zero-order chi connectivity index (χ0) is 11.7. The van der Waals surface area contributed by atoms with Gasteiger partial charge in [-0.2, -0.15) is 9.97 Å². The van der Waals surface area contributed by atoms with Crippen LogP contribution in [-0.2, 0) is 0 Å². The van der Waals surface area contributed by atoms with Crippen molar-refractivity contribution < 1.29 is 4.42 Å². The molecule has 0 bridgehead atoms. The molecule has 5 nitrogen and oxygen atoms in total. The summed E-state index contributed by atoms with van der Waals surface area (Å²) < 4.78 is 5.28. The number of nitrogens with two attached hydrogens (primary N) is 1. The molecule has 1 aliphatic rings. The van der Waals surface area contributed by atoms with Crippen molar-refractivity contribution in [1.29, 1.82) is 0 Å². The predicted octanol–water partition coefficient (Wildman–Crippen LogP) is 2.37. The van der Waals surface area contributed by atoms with Crippen molar-refractivity contribution in [2.75, 3.05) is 5.73 Å². The molecule has 2 aromatic heterocycles. The third-order valence-corrected chi connectivity index (χ3v) is 3.13. The normalized spacial score (nSPS) is 16.5. The van der Waals surface area contributed by atoms with Crippen molar-refractivity contribution in [3.05, 3.63) is 24.2 Å². The molecule has 0 unspecified atom stereocenters. The molecule has 3 rings (SSSR count). The maximum Gasteiger partial charge on any atom is 0.223 e. The van der Waals surface area contributed by atoms with E-state index in [1.807, 2.05) is 12.1 Å². The first-order chi connectivity index (χ1) is 8.33. The lowest BCUT2D eigenvalue weighted by Crippen LogP contribution is -2.07. The van der Waals surface area contributed by atoms with Gasteiger partial charge in [-0.25, -0.2) is 4.98 Å². The molecule has 0 radical (unpaired) electrons. The Morgan fingerprint density at radius 3 is 2.71 bits per heavy atom. The fourth-order valence-corrected chi connectivity index (χ4v) is 2.29. The first-order valence-corrected chi connectivity index (χ1v) is 5.88. The van der Waals surface area contributed by atoms with Gasteiger partial charge in [-0.1, -0.05) is 12.8 Å². The molecule has 0 aromatic carbocycles. The highest BCUT2D eigenvalue weighted by molar-refractivity contribution is 5.47. The van der Waals surface area contributed by atoms with Crippen molar-refractivity contribution >= 4 is 5.95 Å². The number of aromatic nitrogens is 3. The van der Waals surface area contributed by atoms with E-state index in [2.05, 4.69) is 15.0 Å². The van der Waals surface area contributed by atoms with Gasteiger partial charge in [0.1, 0.15) is 5.82 Å². The van der Waals surface area contributed by atoms with Crippen LogP contribution >= 0.6 is 0 Å². The summed E-state index contributed by atoms with van der Waals surface area (Å²) in [6.45, 7) is 0. The smallest absolute Gasteiger partial charge is 0.223 e. The van der Waals surface area contributed by atoms with Crippen molar-refractivity contribution in [3.8, 4) is 11.6 Å². The van der Waals surface area contributed by atoms with Crippen LogP contribution in [0.4, 0.5) is 5.95 Å². The van der Waals surface area contributed by atoms with Crippen LogP contribution in [0.5, 0.6) is 0 Å². The number of rotatable bonds is 2. The Hall–Kier alpha value is -1.91. The molecule has 0 atom stereocenters. The van der Waals surface area contributed by atoms with Gasteiger partial charge in [-0.15, -0.1) is 0 Å². The third-order valence-electron chi connectivity index (χ3n) is 3.13. The Morgan fingerprint density at radius 1 is 1.18 bits per heavy atom. The zero-order valence-corrected chi connectivity index (χ0v) is 9.47. The lowest BCUT2D eigenvalue weighted by molar-refractivity contribution is 0.574. The number of hydrogen-bond acceptors (Lipinski definition) is 5. The molecule has 5 heteroatoms. The summed E-state index contributed by atoms with van der Waals surface area (Å²) in [5.74, 6) is 2.67. The number of furan rings is 1. The number of anilines is 1. The van der Waals surface area contributed by atoms with Gasteiger partial charge in [0.15, 0.2) is 5.76 Å². The van der Waals surface area contributed by atoms with E-state index in [0.29, 0.717) is 17.5 Å². The lowest BCUT2D eigenvalue weighted by atomic mass is 10.1. The molecule has 1 aliphatic carbocycles. The first kappa shape index (κ1) is 10.3. The highest BCUT2D eigenvalue weighted by Gasteiger charge is 2.21. The lowest BCUT2D eigenvalue weighted by Gasteiger charge is -2.08. The van der Waals surface area contributed by atoms with Crippen molar-refractivity contribution in [2.45, 2.75) is 31.6 Å². The minimum absolute atomic E-state index is 0.272. The highest BCUT2D eigenvalue weighted by atomic mass is 16.3. The van der Waals surface area contributed by atoms with Gasteiger partial charge in [0, 0.05) is 5.92 Å². The van der Waals surface area contributed by atoms with Crippen molar-refractivity contribution in [2.24, 2.45) is 0 Å². The van der Waals surface area contributed by atoms with Crippen LogP contribution in [0.1, 0.15) is 37.4 Å². The molecule has 88 valence electrons. The number of hydrogen-bond donors (Lipinski definition) is 1. The Bertz CT molecular complexity index is 503. The second-order valence-corrected chi connectivity index (χ2v) is 4.33. The van der Waals surface area contributed by atoms with E-state index in [9.17, 15) is 0 Å². The average Bonchev–Trinajstić information content (AvgIpc) is 3.02. The average molecular weight is 230 g/mol. The second-order valence-electron chi connectivity index (χ2n) is 4.33. The summed E-state index contributed by atoms with van der Waals surface area (Å²) in [5.41, 5.74) is 5.73. The van der Waals surface area contributed by atoms with Gasteiger partial charge in [0.25, 0.3) is 0 Å². The standard InChI is InChI=1S/C12H14N4O/c13-12-15-10(8-4-1-2-5-8)14-11(16-12)9-6-3-7-17-9/h3,6-8H,1-2,4-5H2,(H2,13,14,15,16). The van der Waals surface area contributed by atoms with Crippen LogP contribution < -0.4 is 5.73 Å². The Morgan fingerprint density at radius 2 is 2.00 bits per heavy atom. The largest absolute Gasteiger partial charge is 0.461 e. The predicted molar refractivity (Wildman–Crippen MR) is 63.2 cm³/mol. The summed E-state index contributed by atoms with van der Waals surface area (Å²) in [4.78, 5) is 12.8. The van der Waals surface area contributed by atoms with Crippen LogP contribution in [0, 0.1) is 0 Å². The molecular weight excluding hydrogens is 216 g/mol. The Balaban J connectivity index is 2.00. The quantitative estimate of drug-likeness (QED) is 0.856. The third kappa shape index (κ3) is 2.00. The van der Waals surface area contributed by atoms with E-state index in [1.54, 1.807) is 6.26 Å². The van der Waals surface area contributed by atoms with Crippen LogP contribution in [-0.4, -0.2) is 15.0 Å². The Labute approximate surface area is 99.1 Å². The van der Waals surface area contributed by atoms with E-state index in [-0.39, 0.29) is 5.95 Å². The molecule has 2 heterocycles. The van der Waals surface area contributed by atoms with E-state index in [1.165, 1.54) is 12.8 Å². The van der Waals surface area contributed by atoms with Crippen molar-refractivity contribution in [1.82, 2.24) is 15.0 Å². The molecule has 17 heavy (non-hydrogen) atoms. The summed E-state index contributed by atoms with van der Waals surface area (Å²) in [7, 11) is 0. The summed E-state index contributed by atoms with van der Waals surface area (Å²) in [6, 6.07) is 3.64. The van der Waals surface area contributed by atoms with Gasteiger partial charge < -0.3 is 10.2 Å². The van der Waals surface area contributed by atoms with Crippen molar-refractivity contribution in [3.63, 3.8) is 0 Å².